The minimum absolute atomic E-state index is 0.0447. The molecule has 2 aromatic rings. The predicted octanol–water partition coefficient (Wildman–Crippen LogP) is 2.04. The SMILES string of the molecule is CCn1nc(C[C@@H](C)COC(=O)c2ccc(S(=O)(=O)N3CCOCC3)cc2)c2c1C(=O)NCCCOCCC2. The number of fused-ring (bicyclic) bond motifs is 1. The van der Waals surface area contributed by atoms with E-state index in [-0.39, 0.29) is 28.9 Å². The molecule has 2 aliphatic heterocycles. The zero-order valence-corrected chi connectivity index (χ0v) is 23.5. The molecule has 0 spiro atoms. The van der Waals surface area contributed by atoms with Crippen LogP contribution in [0.2, 0.25) is 0 Å². The molecular weight excluding hydrogens is 524 g/mol. The number of aryl methyl sites for hydroxylation is 1. The number of aromatic nitrogens is 2. The number of amides is 1. The molecule has 214 valence electrons. The summed E-state index contributed by atoms with van der Waals surface area (Å²) in [4.78, 5) is 25.8. The molecule has 39 heavy (non-hydrogen) atoms. The normalized spacial score (nSPS) is 18.5. The van der Waals surface area contributed by atoms with Gasteiger partial charge in [0, 0.05) is 45.0 Å². The van der Waals surface area contributed by atoms with Gasteiger partial charge in [-0.2, -0.15) is 9.40 Å². The molecule has 0 aliphatic carbocycles. The van der Waals surface area contributed by atoms with E-state index in [1.807, 2.05) is 13.8 Å². The zero-order chi connectivity index (χ0) is 27.8. The van der Waals surface area contributed by atoms with E-state index in [1.165, 1.54) is 28.6 Å². The summed E-state index contributed by atoms with van der Waals surface area (Å²) in [5, 5.41) is 7.70. The van der Waals surface area contributed by atoms with Gasteiger partial charge in [0.05, 0.1) is 36.0 Å². The fourth-order valence-electron chi connectivity index (χ4n) is 4.76. The number of hydrogen-bond acceptors (Lipinski definition) is 8. The van der Waals surface area contributed by atoms with Crippen molar-refractivity contribution in [2.45, 2.75) is 51.0 Å². The van der Waals surface area contributed by atoms with E-state index < -0.39 is 16.0 Å². The van der Waals surface area contributed by atoms with Crippen LogP contribution < -0.4 is 5.32 Å². The summed E-state index contributed by atoms with van der Waals surface area (Å²) in [7, 11) is -3.63. The third-order valence-corrected chi connectivity index (χ3v) is 8.77. The van der Waals surface area contributed by atoms with Gasteiger partial charge in [-0.05, 0) is 62.8 Å². The molecule has 0 radical (unpaired) electrons. The summed E-state index contributed by atoms with van der Waals surface area (Å²) in [5.41, 5.74) is 2.65. The Morgan fingerprint density at radius 3 is 2.51 bits per heavy atom. The van der Waals surface area contributed by atoms with Crippen molar-refractivity contribution >= 4 is 21.9 Å². The molecule has 1 amide bonds. The summed E-state index contributed by atoms with van der Waals surface area (Å²) in [6, 6.07) is 5.81. The zero-order valence-electron chi connectivity index (χ0n) is 22.7. The number of hydrogen-bond donors (Lipinski definition) is 1. The number of nitrogens with one attached hydrogen (secondary N) is 1. The highest BCUT2D eigenvalue weighted by atomic mass is 32.2. The quantitative estimate of drug-likeness (QED) is 0.484. The van der Waals surface area contributed by atoms with E-state index in [9.17, 15) is 18.0 Å². The minimum atomic E-state index is -3.63. The Balaban J connectivity index is 1.38. The summed E-state index contributed by atoms with van der Waals surface area (Å²) in [6.45, 7) is 7.82. The van der Waals surface area contributed by atoms with Crippen molar-refractivity contribution in [1.29, 1.82) is 0 Å². The monoisotopic (exact) mass is 562 g/mol. The number of sulfonamides is 1. The van der Waals surface area contributed by atoms with Gasteiger partial charge in [-0.1, -0.05) is 6.92 Å². The van der Waals surface area contributed by atoms with Gasteiger partial charge in [0.15, 0.2) is 0 Å². The van der Waals surface area contributed by atoms with Crippen LogP contribution in [0.1, 0.15) is 58.8 Å². The number of nitrogens with zero attached hydrogens (tertiary/aromatic N) is 3. The van der Waals surface area contributed by atoms with E-state index in [4.69, 9.17) is 19.3 Å². The van der Waals surface area contributed by atoms with Gasteiger partial charge >= 0.3 is 5.97 Å². The van der Waals surface area contributed by atoms with Crippen LogP contribution in [0.15, 0.2) is 29.2 Å². The second-order valence-electron chi connectivity index (χ2n) is 9.86. The second kappa shape index (κ2) is 13.5. The third kappa shape index (κ3) is 7.24. The van der Waals surface area contributed by atoms with E-state index in [1.54, 1.807) is 4.68 Å². The smallest absolute Gasteiger partial charge is 0.338 e. The molecule has 0 bridgehead atoms. The van der Waals surface area contributed by atoms with E-state index in [0.717, 1.165) is 24.1 Å². The maximum absolute atomic E-state index is 12.9. The largest absolute Gasteiger partial charge is 0.462 e. The van der Waals surface area contributed by atoms with Crippen LogP contribution in [0.25, 0.3) is 0 Å². The molecule has 2 aliphatic rings. The molecule has 1 fully saturated rings. The Bertz CT molecular complexity index is 1240. The number of rotatable bonds is 8. The average molecular weight is 563 g/mol. The minimum Gasteiger partial charge on any atom is -0.462 e. The Morgan fingerprint density at radius 2 is 1.79 bits per heavy atom. The van der Waals surface area contributed by atoms with Crippen LogP contribution in [0.5, 0.6) is 0 Å². The first-order valence-corrected chi connectivity index (χ1v) is 15.0. The van der Waals surface area contributed by atoms with Gasteiger partial charge in [0.25, 0.3) is 5.91 Å². The van der Waals surface area contributed by atoms with Gasteiger partial charge in [-0.3, -0.25) is 9.48 Å². The maximum Gasteiger partial charge on any atom is 0.338 e. The lowest BCUT2D eigenvalue weighted by Gasteiger charge is -2.26. The Hall–Kier alpha value is -2.80. The lowest BCUT2D eigenvalue weighted by atomic mass is 9.99. The molecule has 11 nitrogen and oxygen atoms in total. The molecule has 1 aromatic heterocycles. The van der Waals surface area contributed by atoms with Crippen molar-refractivity contribution in [3.8, 4) is 0 Å². The third-order valence-electron chi connectivity index (χ3n) is 6.85. The summed E-state index contributed by atoms with van der Waals surface area (Å²) < 4.78 is 45.2. The molecule has 1 aromatic carbocycles. The van der Waals surface area contributed by atoms with Crippen LogP contribution >= 0.6 is 0 Å². The lowest BCUT2D eigenvalue weighted by Crippen LogP contribution is -2.40. The lowest BCUT2D eigenvalue weighted by molar-refractivity contribution is 0.0448. The highest BCUT2D eigenvalue weighted by molar-refractivity contribution is 7.89. The van der Waals surface area contributed by atoms with Crippen molar-refractivity contribution in [3.05, 3.63) is 46.8 Å². The molecular formula is C27H38N4O7S. The molecule has 3 heterocycles. The number of carbonyl (C=O) groups is 2. The van der Waals surface area contributed by atoms with Crippen LogP contribution in [0.3, 0.4) is 0 Å². The molecule has 1 saturated heterocycles. The van der Waals surface area contributed by atoms with Crippen LogP contribution in [-0.2, 0) is 43.6 Å². The number of esters is 1. The Morgan fingerprint density at radius 1 is 1.10 bits per heavy atom. The average Bonchev–Trinajstić information content (AvgIpc) is 3.28. The van der Waals surface area contributed by atoms with Crippen LogP contribution in [0, 0.1) is 5.92 Å². The molecule has 1 atom stereocenters. The second-order valence-corrected chi connectivity index (χ2v) is 11.8. The highest BCUT2D eigenvalue weighted by Gasteiger charge is 2.27. The summed E-state index contributed by atoms with van der Waals surface area (Å²) in [5.74, 6) is -0.686. The van der Waals surface area contributed by atoms with Crippen LogP contribution in [0.4, 0.5) is 0 Å². The van der Waals surface area contributed by atoms with Crippen molar-refractivity contribution in [2.24, 2.45) is 5.92 Å². The van der Waals surface area contributed by atoms with Crippen LogP contribution in [-0.4, -0.2) is 87.0 Å². The highest BCUT2D eigenvalue weighted by Crippen LogP contribution is 2.22. The Labute approximate surface area is 229 Å². The first kappa shape index (κ1) is 29.2. The van der Waals surface area contributed by atoms with Gasteiger partial charge in [0.1, 0.15) is 5.69 Å². The fourth-order valence-corrected chi connectivity index (χ4v) is 6.17. The van der Waals surface area contributed by atoms with Gasteiger partial charge < -0.3 is 19.5 Å². The van der Waals surface area contributed by atoms with Gasteiger partial charge in [-0.15, -0.1) is 0 Å². The van der Waals surface area contributed by atoms with E-state index in [2.05, 4.69) is 5.32 Å². The Kier molecular flexibility index (Phi) is 10.1. The van der Waals surface area contributed by atoms with Gasteiger partial charge in [0.2, 0.25) is 10.0 Å². The number of morpholine rings is 1. The standard InChI is InChI=1S/C27H38N4O7S/c1-3-31-25-23(6-4-14-36-15-5-11-28-26(25)32)24(29-31)18-20(2)19-38-27(33)21-7-9-22(10-8-21)39(34,35)30-12-16-37-17-13-30/h7-10,20H,3-6,11-19H2,1-2H3,(H,28,32)/t20-/m1/s1. The van der Waals surface area contributed by atoms with E-state index >= 15 is 0 Å². The molecule has 1 N–H and O–H groups in total. The summed E-state index contributed by atoms with van der Waals surface area (Å²) >= 11 is 0. The van der Waals surface area contributed by atoms with Crippen molar-refractivity contribution in [1.82, 2.24) is 19.4 Å². The van der Waals surface area contributed by atoms with Gasteiger partial charge in [-0.25, -0.2) is 13.2 Å². The first-order valence-electron chi connectivity index (χ1n) is 13.6. The number of benzene rings is 1. The topological polar surface area (TPSA) is 129 Å². The van der Waals surface area contributed by atoms with E-state index in [0.29, 0.717) is 71.1 Å². The molecule has 4 rings (SSSR count). The van der Waals surface area contributed by atoms with Crippen molar-refractivity contribution < 1.29 is 32.2 Å². The molecule has 12 heteroatoms. The number of carbonyl (C=O) groups excluding carboxylic acids is 2. The molecule has 0 saturated carbocycles. The fraction of sp³-hybridized carbons (Fsp3) is 0.593. The van der Waals surface area contributed by atoms with Crippen molar-refractivity contribution in [3.63, 3.8) is 0 Å². The molecule has 0 unspecified atom stereocenters. The summed E-state index contributed by atoms with van der Waals surface area (Å²) in [6.07, 6.45) is 2.80. The predicted molar refractivity (Wildman–Crippen MR) is 143 cm³/mol. The van der Waals surface area contributed by atoms with Crippen molar-refractivity contribution in [2.75, 3.05) is 52.7 Å². The first-order chi connectivity index (χ1) is 18.8. The maximum atomic E-state index is 12.9. The number of ether oxygens (including phenoxy) is 3.